The maximum absolute atomic E-state index is 5.24. The summed E-state index contributed by atoms with van der Waals surface area (Å²) in [6.07, 6.45) is 0. The Balaban J connectivity index is 3.68. The molecule has 0 rings (SSSR count). The number of ether oxygens (including phenoxy) is 3. The van der Waals surface area contributed by atoms with Crippen molar-refractivity contribution in [2.75, 3.05) is 34.0 Å². The summed E-state index contributed by atoms with van der Waals surface area (Å²) in [7, 11) is 3.32. The molecule has 0 aromatic heterocycles. The molecule has 0 amide bonds. The van der Waals surface area contributed by atoms with Crippen molar-refractivity contribution in [1.29, 1.82) is 0 Å². The second kappa shape index (κ2) is 5.52. The second-order valence-corrected chi connectivity index (χ2v) is 2.72. The van der Waals surface area contributed by atoms with E-state index in [0.717, 1.165) is 0 Å². The Bertz CT molecular complexity index is 95.3. The number of hydrogen-bond acceptors (Lipinski definition) is 3. The predicted molar refractivity (Wildman–Crippen MR) is 43.8 cm³/mol. The summed E-state index contributed by atoms with van der Waals surface area (Å²) < 4.78 is 15.5. The lowest BCUT2D eigenvalue weighted by molar-refractivity contribution is -0.0975. The first kappa shape index (κ1) is 10.9. The molecule has 3 heteroatoms. The van der Waals surface area contributed by atoms with Crippen LogP contribution in [0.1, 0.15) is 13.8 Å². The van der Waals surface area contributed by atoms with Crippen LogP contribution in [0, 0.1) is 0 Å². The van der Waals surface area contributed by atoms with E-state index in [1.165, 1.54) is 0 Å². The van der Waals surface area contributed by atoms with Gasteiger partial charge < -0.3 is 14.2 Å². The number of rotatable bonds is 6. The van der Waals surface area contributed by atoms with Gasteiger partial charge in [-0.1, -0.05) is 0 Å². The summed E-state index contributed by atoms with van der Waals surface area (Å²) in [5, 5.41) is 0. The fourth-order valence-corrected chi connectivity index (χ4v) is 0.783. The molecule has 0 saturated carbocycles. The maximum Gasteiger partial charge on any atom is 0.111 e. The van der Waals surface area contributed by atoms with Crippen LogP contribution in [0.15, 0.2) is 0 Å². The highest BCUT2D eigenvalue weighted by Gasteiger charge is 2.23. The van der Waals surface area contributed by atoms with Crippen LogP contribution in [0.3, 0.4) is 0 Å². The topological polar surface area (TPSA) is 27.7 Å². The number of hydrogen-bond donors (Lipinski definition) is 0. The lowest BCUT2D eigenvalue weighted by Gasteiger charge is -2.26. The molecule has 68 valence electrons. The third-order valence-electron chi connectivity index (χ3n) is 1.55. The Morgan fingerprint density at radius 2 is 1.82 bits per heavy atom. The van der Waals surface area contributed by atoms with Gasteiger partial charge in [-0.3, -0.25) is 0 Å². The molecular formula is C8H18O3. The van der Waals surface area contributed by atoms with Crippen LogP contribution < -0.4 is 0 Å². The van der Waals surface area contributed by atoms with Gasteiger partial charge in [0.05, 0.1) is 13.2 Å². The zero-order chi connectivity index (χ0) is 8.74. The fourth-order valence-electron chi connectivity index (χ4n) is 0.783. The highest BCUT2D eigenvalue weighted by molar-refractivity contribution is 4.72. The van der Waals surface area contributed by atoms with E-state index in [1.807, 2.05) is 13.8 Å². The summed E-state index contributed by atoms with van der Waals surface area (Å²) in [4.78, 5) is 0. The van der Waals surface area contributed by atoms with Gasteiger partial charge in [0.15, 0.2) is 0 Å². The van der Waals surface area contributed by atoms with Crippen molar-refractivity contribution >= 4 is 0 Å². The van der Waals surface area contributed by atoms with Gasteiger partial charge in [0.1, 0.15) is 5.60 Å². The normalized spacial score (nSPS) is 16.4. The molecule has 0 aromatic carbocycles. The number of methoxy groups -OCH3 is 2. The molecule has 0 bridgehead atoms. The zero-order valence-electron chi connectivity index (χ0n) is 7.85. The lowest BCUT2D eigenvalue weighted by Crippen LogP contribution is -2.38. The SMILES string of the molecule is CCOCC(C)(COC)OC. The van der Waals surface area contributed by atoms with Crippen LogP contribution >= 0.6 is 0 Å². The third kappa shape index (κ3) is 4.35. The quantitative estimate of drug-likeness (QED) is 0.585. The summed E-state index contributed by atoms with van der Waals surface area (Å²) in [5.41, 5.74) is -0.301. The third-order valence-corrected chi connectivity index (χ3v) is 1.55. The van der Waals surface area contributed by atoms with E-state index in [9.17, 15) is 0 Å². The van der Waals surface area contributed by atoms with Gasteiger partial charge >= 0.3 is 0 Å². The van der Waals surface area contributed by atoms with Crippen LogP contribution in [0.4, 0.5) is 0 Å². The minimum atomic E-state index is -0.301. The van der Waals surface area contributed by atoms with Crippen LogP contribution in [0.5, 0.6) is 0 Å². The molecule has 1 atom stereocenters. The van der Waals surface area contributed by atoms with Gasteiger partial charge in [-0.25, -0.2) is 0 Å². The summed E-state index contributed by atoms with van der Waals surface area (Å²) >= 11 is 0. The zero-order valence-corrected chi connectivity index (χ0v) is 7.85. The minimum absolute atomic E-state index is 0.301. The van der Waals surface area contributed by atoms with Gasteiger partial charge in [-0.2, -0.15) is 0 Å². The van der Waals surface area contributed by atoms with Gasteiger partial charge in [-0.15, -0.1) is 0 Å². The van der Waals surface area contributed by atoms with Crippen LogP contribution in [-0.4, -0.2) is 39.6 Å². The van der Waals surface area contributed by atoms with Crippen LogP contribution in [-0.2, 0) is 14.2 Å². The van der Waals surface area contributed by atoms with E-state index in [1.54, 1.807) is 14.2 Å². The highest BCUT2D eigenvalue weighted by atomic mass is 16.6. The second-order valence-electron chi connectivity index (χ2n) is 2.72. The van der Waals surface area contributed by atoms with Gasteiger partial charge in [0.25, 0.3) is 0 Å². The van der Waals surface area contributed by atoms with Gasteiger partial charge in [0.2, 0.25) is 0 Å². The van der Waals surface area contributed by atoms with Crippen molar-refractivity contribution in [3.63, 3.8) is 0 Å². The van der Waals surface area contributed by atoms with Crippen LogP contribution in [0.25, 0.3) is 0 Å². The summed E-state index contributed by atoms with van der Waals surface area (Å²) in [6, 6.07) is 0. The van der Waals surface area contributed by atoms with E-state index in [0.29, 0.717) is 19.8 Å². The Hall–Kier alpha value is -0.120. The molecule has 0 aliphatic carbocycles. The fraction of sp³-hybridized carbons (Fsp3) is 1.00. The smallest absolute Gasteiger partial charge is 0.111 e. The average Bonchev–Trinajstić information content (AvgIpc) is 2.02. The first-order chi connectivity index (χ1) is 5.18. The molecule has 0 N–H and O–H groups in total. The molecule has 0 fully saturated rings. The molecule has 0 aromatic rings. The van der Waals surface area contributed by atoms with Crippen molar-refractivity contribution in [2.45, 2.75) is 19.4 Å². The van der Waals surface area contributed by atoms with Crippen molar-refractivity contribution in [3.05, 3.63) is 0 Å². The summed E-state index contributed by atoms with van der Waals surface area (Å²) in [5.74, 6) is 0. The molecular weight excluding hydrogens is 144 g/mol. The molecule has 0 aliphatic rings. The molecule has 0 saturated heterocycles. The Labute approximate surface area is 68.6 Å². The van der Waals surface area contributed by atoms with Crippen molar-refractivity contribution in [3.8, 4) is 0 Å². The van der Waals surface area contributed by atoms with Crippen LogP contribution in [0.2, 0.25) is 0 Å². The highest BCUT2D eigenvalue weighted by Crippen LogP contribution is 2.09. The molecule has 3 nitrogen and oxygen atoms in total. The van der Waals surface area contributed by atoms with Crippen molar-refractivity contribution < 1.29 is 14.2 Å². The molecule has 0 radical (unpaired) electrons. The van der Waals surface area contributed by atoms with E-state index in [4.69, 9.17) is 14.2 Å². The van der Waals surface area contributed by atoms with Gasteiger partial charge in [0, 0.05) is 20.8 Å². The molecule has 0 spiro atoms. The Kier molecular flexibility index (Phi) is 5.46. The standard InChI is InChI=1S/C8H18O3/c1-5-11-7-8(2,10-4)6-9-3/h5-7H2,1-4H3. The Morgan fingerprint density at radius 1 is 1.18 bits per heavy atom. The predicted octanol–water partition coefficient (Wildman–Crippen LogP) is 1.07. The maximum atomic E-state index is 5.24. The average molecular weight is 162 g/mol. The monoisotopic (exact) mass is 162 g/mol. The van der Waals surface area contributed by atoms with Crippen molar-refractivity contribution in [1.82, 2.24) is 0 Å². The molecule has 11 heavy (non-hydrogen) atoms. The van der Waals surface area contributed by atoms with E-state index in [-0.39, 0.29) is 5.60 Å². The lowest BCUT2D eigenvalue weighted by atomic mass is 10.1. The molecule has 0 heterocycles. The first-order valence-electron chi connectivity index (χ1n) is 3.80. The van der Waals surface area contributed by atoms with E-state index >= 15 is 0 Å². The summed E-state index contributed by atoms with van der Waals surface area (Å²) in [6.45, 7) is 5.77. The van der Waals surface area contributed by atoms with Crippen molar-refractivity contribution in [2.24, 2.45) is 0 Å². The minimum Gasteiger partial charge on any atom is -0.382 e. The molecule has 0 aliphatic heterocycles. The van der Waals surface area contributed by atoms with Gasteiger partial charge in [-0.05, 0) is 13.8 Å². The molecule has 1 unspecified atom stereocenters. The first-order valence-corrected chi connectivity index (χ1v) is 3.80. The van der Waals surface area contributed by atoms with E-state index < -0.39 is 0 Å². The Morgan fingerprint density at radius 3 is 2.18 bits per heavy atom. The van der Waals surface area contributed by atoms with E-state index in [2.05, 4.69) is 0 Å². The largest absolute Gasteiger partial charge is 0.382 e.